The van der Waals surface area contributed by atoms with Crippen LogP contribution in [0.2, 0.25) is 0 Å². The molecule has 4 rings (SSSR count). The van der Waals surface area contributed by atoms with Gasteiger partial charge in [-0.25, -0.2) is 14.5 Å². The maximum atomic E-state index is 4.66. The number of hydrogen-bond donors (Lipinski definition) is 2. The first-order valence-electron chi connectivity index (χ1n) is 7.48. The van der Waals surface area contributed by atoms with Gasteiger partial charge in [0.05, 0.1) is 18.6 Å². The SMILES string of the molecule is c1cnn2c(-c3cncc(NC4CCCNC4)n3)cnc2c1. The van der Waals surface area contributed by atoms with E-state index in [4.69, 9.17) is 0 Å². The molecule has 7 nitrogen and oxygen atoms in total. The number of fused-ring (bicyclic) bond motifs is 1. The quantitative estimate of drug-likeness (QED) is 0.759. The van der Waals surface area contributed by atoms with E-state index in [1.807, 2.05) is 12.1 Å². The van der Waals surface area contributed by atoms with Crippen LogP contribution in [0.4, 0.5) is 5.82 Å². The molecule has 0 aliphatic carbocycles. The van der Waals surface area contributed by atoms with Crippen molar-refractivity contribution in [3.05, 3.63) is 36.9 Å². The molecule has 2 N–H and O–H groups in total. The third-order valence-electron chi connectivity index (χ3n) is 3.82. The molecule has 4 heterocycles. The summed E-state index contributed by atoms with van der Waals surface area (Å²) in [5, 5.41) is 11.2. The van der Waals surface area contributed by atoms with Crippen molar-refractivity contribution < 1.29 is 0 Å². The lowest BCUT2D eigenvalue weighted by molar-refractivity contribution is 0.479. The summed E-state index contributed by atoms with van der Waals surface area (Å²) >= 11 is 0. The van der Waals surface area contributed by atoms with E-state index in [9.17, 15) is 0 Å². The van der Waals surface area contributed by atoms with E-state index in [2.05, 4.69) is 30.7 Å². The van der Waals surface area contributed by atoms with Gasteiger partial charge in [-0.05, 0) is 31.5 Å². The molecule has 3 aromatic heterocycles. The molecule has 3 aromatic rings. The minimum atomic E-state index is 0.401. The van der Waals surface area contributed by atoms with E-state index in [0.717, 1.165) is 42.4 Å². The molecular formula is C15H17N7. The Balaban J connectivity index is 1.63. The molecule has 1 aliphatic heterocycles. The van der Waals surface area contributed by atoms with Gasteiger partial charge < -0.3 is 10.6 Å². The second-order valence-corrected chi connectivity index (χ2v) is 5.41. The number of imidazole rings is 1. The number of anilines is 1. The number of rotatable bonds is 3. The molecule has 7 heteroatoms. The van der Waals surface area contributed by atoms with Crippen LogP contribution in [-0.4, -0.2) is 43.7 Å². The highest BCUT2D eigenvalue weighted by Crippen LogP contribution is 2.19. The van der Waals surface area contributed by atoms with E-state index in [1.54, 1.807) is 29.3 Å². The van der Waals surface area contributed by atoms with Gasteiger partial charge >= 0.3 is 0 Å². The Morgan fingerprint density at radius 1 is 1.27 bits per heavy atom. The summed E-state index contributed by atoms with van der Waals surface area (Å²) in [5.41, 5.74) is 2.41. The molecule has 0 aromatic carbocycles. The highest BCUT2D eigenvalue weighted by Gasteiger charge is 2.14. The minimum absolute atomic E-state index is 0.401. The van der Waals surface area contributed by atoms with Crippen LogP contribution in [-0.2, 0) is 0 Å². The number of nitrogens with one attached hydrogen (secondary N) is 2. The topological polar surface area (TPSA) is 80.0 Å². The van der Waals surface area contributed by atoms with Crippen LogP contribution in [0.5, 0.6) is 0 Å². The number of aromatic nitrogens is 5. The molecule has 0 bridgehead atoms. The Kier molecular flexibility index (Phi) is 3.40. The Morgan fingerprint density at radius 2 is 2.27 bits per heavy atom. The maximum Gasteiger partial charge on any atom is 0.154 e. The monoisotopic (exact) mass is 295 g/mol. The van der Waals surface area contributed by atoms with Gasteiger partial charge in [0.25, 0.3) is 0 Å². The van der Waals surface area contributed by atoms with Gasteiger partial charge in [0.2, 0.25) is 0 Å². The van der Waals surface area contributed by atoms with Crippen molar-refractivity contribution in [3.8, 4) is 11.4 Å². The number of piperidine rings is 1. The summed E-state index contributed by atoms with van der Waals surface area (Å²) in [6.07, 6.45) is 9.34. The van der Waals surface area contributed by atoms with Gasteiger partial charge in [-0.1, -0.05) is 0 Å². The molecule has 0 amide bonds. The molecule has 1 atom stereocenters. The lowest BCUT2D eigenvalue weighted by atomic mass is 10.1. The minimum Gasteiger partial charge on any atom is -0.365 e. The molecule has 1 aliphatic rings. The van der Waals surface area contributed by atoms with E-state index in [0.29, 0.717) is 6.04 Å². The largest absolute Gasteiger partial charge is 0.365 e. The summed E-state index contributed by atoms with van der Waals surface area (Å²) in [5.74, 6) is 0.789. The zero-order valence-electron chi connectivity index (χ0n) is 12.1. The summed E-state index contributed by atoms with van der Waals surface area (Å²) < 4.78 is 1.77. The smallest absolute Gasteiger partial charge is 0.154 e. The van der Waals surface area contributed by atoms with Gasteiger partial charge in [0.15, 0.2) is 5.65 Å². The molecule has 1 fully saturated rings. The first kappa shape index (κ1) is 13.1. The molecule has 0 radical (unpaired) electrons. The predicted octanol–water partition coefficient (Wildman–Crippen LogP) is 1.35. The van der Waals surface area contributed by atoms with Crippen molar-refractivity contribution in [2.75, 3.05) is 18.4 Å². The van der Waals surface area contributed by atoms with Crippen LogP contribution in [0.15, 0.2) is 36.9 Å². The maximum absolute atomic E-state index is 4.66. The van der Waals surface area contributed by atoms with Crippen LogP contribution in [0.25, 0.3) is 17.0 Å². The highest BCUT2D eigenvalue weighted by atomic mass is 15.3. The molecule has 1 saturated heterocycles. The Hall–Kier alpha value is -2.54. The van der Waals surface area contributed by atoms with Crippen molar-refractivity contribution in [2.24, 2.45) is 0 Å². The second-order valence-electron chi connectivity index (χ2n) is 5.41. The normalized spacial score (nSPS) is 18.5. The van der Waals surface area contributed by atoms with E-state index in [-0.39, 0.29) is 0 Å². The zero-order chi connectivity index (χ0) is 14.8. The van der Waals surface area contributed by atoms with E-state index >= 15 is 0 Å². The average Bonchev–Trinajstić information content (AvgIpc) is 3.00. The van der Waals surface area contributed by atoms with Crippen molar-refractivity contribution in [3.63, 3.8) is 0 Å². The molecule has 0 saturated carbocycles. The summed E-state index contributed by atoms with van der Waals surface area (Å²) in [6.45, 7) is 2.06. The Bertz CT molecular complexity index is 776. The molecule has 22 heavy (non-hydrogen) atoms. The first-order valence-corrected chi connectivity index (χ1v) is 7.48. The Labute approximate surface area is 127 Å². The van der Waals surface area contributed by atoms with E-state index < -0.39 is 0 Å². The summed E-state index contributed by atoms with van der Waals surface area (Å²) in [6, 6.07) is 4.18. The molecule has 1 unspecified atom stereocenters. The fraction of sp³-hybridized carbons (Fsp3) is 0.333. The fourth-order valence-corrected chi connectivity index (χ4v) is 2.75. The number of nitrogens with zero attached hydrogens (tertiary/aromatic N) is 5. The van der Waals surface area contributed by atoms with Gasteiger partial charge in [-0.15, -0.1) is 0 Å². The summed E-state index contributed by atoms with van der Waals surface area (Å²) in [4.78, 5) is 13.3. The van der Waals surface area contributed by atoms with Crippen molar-refractivity contribution in [1.29, 1.82) is 0 Å². The summed E-state index contributed by atoms with van der Waals surface area (Å²) in [7, 11) is 0. The average molecular weight is 295 g/mol. The molecular weight excluding hydrogens is 278 g/mol. The fourth-order valence-electron chi connectivity index (χ4n) is 2.75. The predicted molar refractivity (Wildman–Crippen MR) is 83.5 cm³/mol. The third-order valence-corrected chi connectivity index (χ3v) is 3.82. The lowest BCUT2D eigenvalue weighted by Crippen LogP contribution is -2.38. The van der Waals surface area contributed by atoms with Crippen molar-refractivity contribution in [1.82, 2.24) is 29.9 Å². The highest BCUT2D eigenvalue weighted by molar-refractivity contribution is 5.59. The van der Waals surface area contributed by atoms with Crippen LogP contribution < -0.4 is 10.6 Å². The molecule has 0 spiro atoms. The van der Waals surface area contributed by atoms with Gasteiger partial charge in [0, 0.05) is 18.8 Å². The first-order chi connectivity index (χ1) is 10.9. The van der Waals surface area contributed by atoms with Crippen LogP contribution >= 0.6 is 0 Å². The van der Waals surface area contributed by atoms with Gasteiger partial charge in [-0.3, -0.25) is 4.98 Å². The zero-order valence-corrected chi connectivity index (χ0v) is 12.1. The Morgan fingerprint density at radius 3 is 3.18 bits per heavy atom. The van der Waals surface area contributed by atoms with Crippen molar-refractivity contribution in [2.45, 2.75) is 18.9 Å². The lowest BCUT2D eigenvalue weighted by Gasteiger charge is -2.24. The van der Waals surface area contributed by atoms with Crippen molar-refractivity contribution >= 4 is 11.5 Å². The van der Waals surface area contributed by atoms with Gasteiger partial charge in [-0.2, -0.15) is 5.10 Å². The third kappa shape index (κ3) is 2.50. The standard InChI is InChI=1S/C15H17N7/c1-3-11(7-16-5-1)20-14-10-17-8-12(21-14)13-9-18-15-4-2-6-19-22(13)15/h2,4,6,8-11,16H,1,3,5,7H2,(H,20,21). The molecule has 112 valence electrons. The van der Waals surface area contributed by atoms with Crippen LogP contribution in [0.3, 0.4) is 0 Å². The van der Waals surface area contributed by atoms with Gasteiger partial charge in [0.1, 0.15) is 17.2 Å². The van der Waals surface area contributed by atoms with Crippen LogP contribution in [0.1, 0.15) is 12.8 Å². The number of hydrogen-bond acceptors (Lipinski definition) is 6. The second kappa shape index (κ2) is 5.69. The van der Waals surface area contributed by atoms with Crippen LogP contribution in [0, 0.1) is 0 Å². The van der Waals surface area contributed by atoms with E-state index in [1.165, 1.54) is 6.42 Å².